The molecule has 2 N–H and O–H groups in total. The van der Waals surface area contributed by atoms with Crippen molar-refractivity contribution in [2.45, 2.75) is 0 Å². The van der Waals surface area contributed by atoms with E-state index in [9.17, 15) is 4.79 Å². The maximum absolute atomic E-state index is 12.4. The number of benzene rings is 1. The average molecular weight is 385 g/mol. The van der Waals surface area contributed by atoms with Gasteiger partial charge in [-0.25, -0.2) is 9.97 Å². The summed E-state index contributed by atoms with van der Waals surface area (Å²) in [5, 5.41) is 8.90. The number of nitrogens with one attached hydrogen (secondary N) is 2. The maximum atomic E-state index is 12.4. The first kappa shape index (κ1) is 17.4. The fraction of sp³-hybridized carbons (Fsp3) is 0.222. The molecule has 0 saturated carbocycles. The molecule has 0 bridgehead atoms. The Hall–Kier alpha value is -2.97. The summed E-state index contributed by atoms with van der Waals surface area (Å²) in [6.07, 6.45) is 3.24. The van der Waals surface area contributed by atoms with Crippen LogP contribution in [0.5, 0.6) is 0 Å². The van der Waals surface area contributed by atoms with Gasteiger partial charge in [0.2, 0.25) is 0 Å². The Morgan fingerprint density at radius 1 is 1.41 bits per heavy atom. The summed E-state index contributed by atoms with van der Waals surface area (Å²) in [5.41, 5.74) is 3.63. The second-order valence-electron chi connectivity index (χ2n) is 6.04. The van der Waals surface area contributed by atoms with Gasteiger partial charge in [-0.3, -0.25) is 9.48 Å². The van der Waals surface area contributed by atoms with E-state index in [1.807, 2.05) is 25.2 Å². The van der Waals surface area contributed by atoms with Gasteiger partial charge in [0.25, 0.3) is 5.91 Å². The molecular formula is C18H17ClN6O2. The van der Waals surface area contributed by atoms with E-state index in [1.54, 1.807) is 24.2 Å². The molecule has 0 atom stereocenters. The number of carbonyl (C=O) groups is 1. The Kier molecular flexibility index (Phi) is 4.51. The molecule has 8 nitrogen and oxygen atoms in total. The number of H-pyrrole nitrogens is 1. The topological polar surface area (TPSA) is 97.7 Å². The summed E-state index contributed by atoms with van der Waals surface area (Å²) in [6.45, 7) is 0.855. The first-order valence-electron chi connectivity index (χ1n) is 8.32. The van der Waals surface area contributed by atoms with Crippen LogP contribution in [-0.4, -0.2) is 50.9 Å². The number of halogens is 1. The van der Waals surface area contributed by atoms with E-state index >= 15 is 0 Å². The molecule has 0 aliphatic heterocycles. The molecule has 0 aliphatic rings. The van der Waals surface area contributed by atoms with E-state index < -0.39 is 0 Å². The first-order chi connectivity index (χ1) is 13.1. The lowest BCUT2D eigenvalue weighted by molar-refractivity contribution is 0.0938. The monoisotopic (exact) mass is 384 g/mol. The molecule has 0 unspecified atom stereocenters. The summed E-state index contributed by atoms with van der Waals surface area (Å²) in [5.74, 6) is -0.234. The number of ether oxygens (including phenoxy) is 1. The Morgan fingerprint density at radius 3 is 3.07 bits per heavy atom. The maximum Gasteiger partial charge on any atom is 0.255 e. The number of aromatic nitrogens is 5. The highest BCUT2D eigenvalue weighted by Gasteiger charge is 2.17. The van der Waals surface area contributed by atoms with Crippen LogP contribution in [0, 0.1) is 0 Å². The molecule has 27 heavy (non-hydrogen) atoms. The van der Waals surface area contributed by atoms with Crippen molar-refractivity contribution >= 4 is 39.6 Å². The number of aromatic amines is 1. The van der Waals surface area contributed by atoms with Crippen LogP contribution >= 0.6 is 11.6 Å². The minimum atomic E-state index is -0.234. The van der Waals surface area contributed by atoms with E-state index in [1.165, 1.54) is 0 Å². The number of amides is 1. The van der Waals surface area contributed by atoms with Gasteiger partial charge in [0, 0.05) is 37.3 Å². The van der Waals surface area contributed by atoms with Crippen molar-refractivity contribution in [3.8, 4) is 11.4 Å². The largest absolute Gasteiger partial charge is 0.383 e. The van der Waals surface area contributed by atoms with Crippen molar-refractivity contribution in [2.24, 2.45) is 7.05 Å². The van der Waals surface area contributed by atoms with Crippen molar-refractivity contribution in [1.29, 1.82) is 0 Å². The van der Waals surface area contributed by atoms with Crippen LogP contribution in [0.2, 0.25) is 5.02 Å². The number of fused-ring (bicyclic) bond motifs is 2. The van der Waals surface area contributed by atoms with Crippen molar-refractivity contribution < 1.29 is 9.53 Å². The summed E-state index contributed by atoms with van der Waals surface area (Å²) in [6, 6.07) is 5.57. The number of hydrogen-bond donors (Lipinski definition) is 2. The van der Waals surface area contributed by atoms with Crippen LogP contribution in [-0.2, 0) is 11.8 Å². The zero-order chi connectivity index (χ0) is 19.0. The van der Waals surface area contributed by atoms with Crippen molar-refractivity contribution in [2.75, 3.05) is 20.3 Å². The summed E-state index contributed by atoms with van der Waals surface area (Å²) >= 11 is 6.09. The highest BCUT2D eigenvalue weighted by Crippen LogP contribution is 2.29. The molecule has 3 aromatic heterocycles. The molecule has 0 fully saturated rings. The lowest BCUT2D eigenvalue weighted by Gasteiger charge is -2.03. The minimum Gasteiger partial charge on any atom is -0.383 e. The zero-order valence-electron chi connectivity index (χ0n) is 14.8. The number of carbonyl (C=O) groups excluding carboxylic acids is 1. The van der Waals surface area contributed by atoms with Gasteiger partial charge < -0.3 is 15.0 Å². The van der Waals surface area contributed by atoms with E-state index in [0.717, 1.165) is 10.9 Å². The van der Waals surface area contributed by atoms with Gasteiger partial charge >= 0.3 is 0 Å². The molecule has 0 aliphatic carbocycles. The quantitative estimate of drug-likeness (QED) is 0.515. The lowest BCUT2D eigenvalue weighted by Crippen LogP contribution is -2.26. The molecule has 0 saturated heterocycles. The van der Waals surface area contributed by atoms with E-state index in [2.05, 4.69) is 25.4 Å². The van der Waals surface area contributed by atoms with Crippen LogP contribution < -0.4 is 5.32 Å². The molecule has 3 heterocycles. The van der Waals surface area contributed by atoms with Crippen molar-refractivity contribution in [1.82, 2.24) is 30.0 Å². The SMILES string of the molecule is COCCNC(=O)c1c[nH]c2ncc(-c3nn(C)c4cc(Cl)ccc34)nc12. The Balaban J connectivity index is 1.78. The zero-order valence-corrected chi connectivity index (χ0v) is 15.5. The third kappa shape index (κ3) is 3.13. The molecule has 1 aromatic carbocycles. The third-order valence-electron chi connectivity index (χ3n) is 4.27. The van der Waals surface area contributed by atoms with E-state index in [-0.39, 0.29) is 5.91 Å². The van der Waals surface area contributed by atoms with Gasteiger partial charge in [0.1, 0.15) is 16.9 Å². The average Bonchev–Trinajstić information content (AvgIpc) is 3.22. The summed E-state index contributed by atoms with van der Waals surface area (Å²) in [4.78, 5) is 24.4. The van der Waals surface area contributed by atoms with Crippen molar-refractivity contribution in [3.05, 3.63) is 41.2 Å². The van der Waals surface area contributed by atoms with Crippen LogP contribution in [0.15, 0.2) is 30.6 Å². The number of rotatable bonds is 5. The second-order valence-corrected chi connectivity index (χ2v) is 6.47. The minimum absolute atomic E-state index is 0.234. The van der Waals surface area contributed by atoms with Crippen LogP contribution in [0.4, 0.5) is 0 Å². The Bertz CT molecular complexity index is 1150. The third-order valence-corrected chi connectivity index (χ3v) is 4.51. The highest BCUT2D eigenvalue weighted by atomic mass is 35.5. The second kappa shape index (κ2) is 6.98. The number of hydrogen-bond acceptors (Lipinski definition) is 5. The van der Waals surface area contributed by atoms with Gasteiger partial charge in [-0.15, -0.1) is 0 Å². The van der Waals surface area contributed by atoms with Gasteiger partial charge in [-0.2, -0.15) is 5.10 Å². The Morgan fingerprint density at radius 2 is 2.26 bits per heavy atom. The lowest BCUT2D eigenvalue weighted by atomic mass is 10.1. The van der Waals surface area contributed by atoms with Gasteiger partial charge in [0.15, 0.2) is 5.65 Å². The fourth-order valence-corrected chi connectivity index (χ4v) is 3.13. The number of aryl methyl sites for hydroxylation is 1. The molecule has 4 rings (SSSR count). The Labute approximate surface area is 159 Å². The summed E-state index contributed by atoms with van der Waals surface area (Å²) < 4.78 is 6.70. The van der Waals surface area contributed by atoms with Gasteiger partial charge in [0.05, 0.1) is 23.9 Å². The molecular weight excluding hydrogens is 368 g/mol. The van der Waals surface area contributed by atoms with E-state index in [0.29, 0.717) is 46.3 Å². The molecule has 4 aromatic rings. The first-order valence-corrected chi connectivity index (χ1v) is 8.70. The number of methoxy groups -OCH3 is 1. The molecule has 1 amide bonds. The number of nitrogens with zero attached hydrogens (tertiary/aromatic N) is 4. The molecule has 0 spiro atoms. The van der Waals surface area contributed by atoms with Gasteiger partial charge in [-0.05, 0) is 18.2 Å². The fourth-order valence-electron chi connectivity index (χ4n) is 2.96. The highest BCUT2D eigenvalue weighted by molar-refractivity contribution is 6.31. The van der Waals surface area contributed by atoms with E-state index in [4.69, 9.17) is 16.3 Å². The molecule has 0 radical (unpaired) electrons. The van der Waals surface area contributed by atoms with Crippen LogP contribution in [0.1, 0.15) is 10.4 Å². The smallest absolute Gasteiger partial charge is 0.255 e. The predicted molar refractivity (Wildman–Crippen MR) is 103 cm³/mol. The van der Waals surface area contributed by atoms with Crippen LogP contribution in [0.25, 0.3) is 33.5 Å². The molecule has 138 valence electrons. The standard InChI is InChI=1S/C18H17ClN6O2/c1-25-14-7-10(19)3-4-11(14)15(24-25)13-9-22-17-16(23-13)12(8-21-17)18(26)20-5-6-27-2/h3-4,7-9H,5-6H2,1-2H3,(H,20,26)(H,21,22). The van der Waals surface area contributed by atoms with Gasteiger partial charge in [-0.1, -0.05) is 11.6 Å². The normalized spacial score (nSPS) is 11.4. The van der Waals surface area contributed by atoms with Crippen molar-refractivity contribution in [3.63, 3.8) is 0 Å². The predicted octanol–water partition coefficient (Wildman–Crippen LogP) is 2.54. The van der Waals surface area contributed by atoms with Crippen LogP contribution in [0.3, 0.4) is 0 Å². The summed E-state index contributed by atoms with van der Waals surface area (Å²) in [7, 11) is 3.43. The molecule has 9 heteroatoms.